The van der Waals surface area contributed by atoms with Gasteiger partial charge in [0.2, 0.25) is 21.8 Å². The summed E-state index contributed by atoms with van der Waals surface area (Å²) < 4.78 is 46.2. The van der Waals surface area contributed by atoms with Crippen LogP contribution >= 0.6 is 0 Å². The van der Waals surface area contributed by atoms with Gasteiger partial charge in [-0.25, -0.2) is 17.1 Å². The van der Waals surface area contributed by atoms with Crippen molar-refractivity contribution in [1.29, 1.82) is 0 Å². The number of nitro groups is 1. The van der Waals surface area contributed by atoms with Crippen molar-refractivity contribution in [1.82, 2.24) is 9.55 Å². The highest BCUT2D eigenvalue weighted by molar-refractivity contribution is 7.93. The molecule has 0 bridgehead atoms. The highest BCUT2D eigenvalue weighted by Gasteiger charge is 2.29. The Morgan fingerprint density at radius 1 is 1.41 bits per heavy atom. The molecule has 10 nitrogen and oxygen atoms in total. The molecule has 0 fully saturated rings. The first kappa shape index (κ1) is 22.3. The van der Waals surface area contributed by atoms with Crippen molar-refractivity contribution in [2.45, 2.75) is 33.2 Å². The standard InChI is InChI=1S/C17H21FN4O6S/c1-4-9-29(26,27)21(13-5-6-15(28-3)14(18)10-13)17(23)7-8-20-11-16(22(24)25)19-12(20)2/h5-6,10-11H,4,7-9H2,1-3H3. The number of imidazole rings is 1. The summed E-state index contributed by atoms with van der Waals surface area (Å²) in [6, 6.07) is 3.42. The molecule has 0 aliphatic heterocycles. The number of rotatable bonds is 9. The zero-order valence-corrected chi connectivity index (χ0v) is 17.0. The third-order valence-corrected chi connectivity index (χ3v) is 5.95. The van der Waals surface area contributed by atoms with Crippen molar-refractivity contribution < 1.29 is 27.3 Å². The Morgan fingerprint density at radius 2 is 2.10 bits per heavy atom. The maximum atomic E-state index is 14.1. The van der Waals surface area contributed by atoms with Crippen LogP contribution in [0.25, 0.3) is 0 Å². The van der Waals surface area contributed by atoms with Gasteiger partial charge in [-0.3, -0.25) is 4.79 Å². The Balaban J connectivity index is 2.32. The summed E-state index contributed by atoms with van der Waals surface area (Å²) in [5.41, 5.74) is -0.143. The zero-order valence-electron chi connectivity index (χ0n) is 16.2. The number of hydrogen-bond acceptors (Lipinski definition) is 7. The number of carbonyl (C=O) groups excluding carboxylic acids is 1. The molecule has 1 aromatic carbocycles. The minimum atomic E-state index is -4.04. The molecule has 1 amide bonds. The minimum absolute atomic E-state index is 0.0255. The summed E-state index contributed by atoms with van der Waals surface area (Å²) in [6.07, 6.45) is 1.14. The van der Waals surface area contributed by atoms with Crippen LogP contribution in [0.2, 0.25) is 0 Å². The second kappa shape index (κ2) is 8.99. The molecule has 0 saturated carbocycles. The van der Waals surface area contributed by atoms with Crippen LogP contribution in [0.15, 0.2) is 24.4 Å². The minimum Gasteiger partial charge on any atom is -0.494 e. The molecule has 2 rings (SSSR count). The van der Waals surface area contributed by atoms with Crippen LogP contribution < -0.4 is 9.04 Å². The van der Waals surface area contributed by atoms with E-state index in [1.165, 1.54) is 36.9 Å². The molecule has 0 radical (unpaired) electrons. The average Bonchev–Trinajstić information content (AvgIpc) is 3.01. The molecule has 0 atom stereocenters. The number of halogens is 1. The molecule has 1 heterocycles. The van der Waals surface area contributed by atoms with Crippen LogP contribution in [0.4, 0.5) is 15.9 Å². The van der Waals surface area contributed by atoms with E-state index in [0.717, 1.165) is 6.07 Å². The first-order valence-electron chi connectivity index (χ1n) is 8.68. The molecule has 12 heteroatoms. The Labute approximate surface area is 167 Å². The Kier molecular flexibility index (Phi) is 6.90. The summed E-state index contributed by atoms with van der Waals surface area (Å²) >= 11 is 0. The maximum Gasteiger partial charge on any atom is 0.381 e. The van der Waals surface area contributed by atoms with E-state index in [-0.39, 0.29) is 42.4 Å². The van der Waals surface area contributed by atoms with Gasteiger partial charge in [0, 0.05) is 26.0 Å². The first-order chi connectivity index (χ1) is 13.6. The number of sulfonamides is 1. The van der Waals surface area contributed by atoms with Gasteiger partial charge in [-0.2, -0.15) is 0 Å². The number of aryl methyl sites for hydroxylation is 2. The van der Waals surface area contributed by atoms with Crippen molar-refractivity contribution in [3.8, 4) is 5.75 Å². The van der Waals surface area contributed by atoms with Gasteiger partial charge in [-0.15, -0.1) is 0 Å². The fraction of sp³-hybridized carbons (Fsp3) is 0.412. The fourth-order valence-corrected chi connectivity index (χ4v) is 4.25. The lowest BCUT2D eigenvalue weighted by atomic mass is 10.2. The first-order valence-corrected chi connectivity index (χ1v) is 10.3. The number of methoxy groups -OCH3 is 1. The van der Waals surface area contributed by atoms with Crippen LogP contribution in [-0.2, 0) is 21.4 Å². The monoisotopic (exact) mass is 428 g/mol. The van der Waals surface area contributed by atoms with Crippen molar-refractivity contribution >= 4 is 27.4 Å². The molecular formula is C17H21FN4O6S. The topological polar surface area (TPSA) is 125 Å². The molecule has 29 heavy (non-hydrogen) atoms. The Bertz CT molecular complexity index is 1020. The summed E-state index contributed by atoms with van der Waals surface area (Å²) in [5, 5.41) is 10.8. The van der Waals surface area contributed by atoms with Gasteiger partial charge in [-0.1, -0.05) is 6.92 Å². The summed E-state index contributed by atoms with van der Waals surface area (Å²) in [4.78, 5) is 26.7. The number of amides is 1. The maximum absolute atomic E-state index is 14.1. The van der Waals surface area contributed by atoms with Crippen LogP contribution in [0.3, 0.4) is 0 Å². The van der Waals surface area contributed by atoms with Gasteiger partial charge in [0.25, 0.3) is 0 Å². The second-order valence-electron chi connectivity index (χ2n) is 6.14. The number of carbonyl (C=O) groups is 1. The molecule has 0 saturated heterocycles. The highest BCUT2D eigenvalue weighted by Crippen LogP contribution is 2.27. The largest absolute Gasteiger partial charge is 0.494 e. The number of aromatic nitrogens is 2. The number of benzene rings is 1. The third-order valence-electron chi connectivity index (χ3n) is 4.05. The van der Waals surface area contributed by atoms with Gasteiger partial charge in [0.1, 0.15) is 6.20 Å². The van der Waals surface area contributed by atoms with Gasteiger partial charge in [-0.05, 0) is 28.5 Å². The Hall–Kier alpha value is -3.02. The fourth-order valence-electron chi connectivity index (χ4n) is 2.71. The predicted molar refractivity (Wildman–Crippen MR) is 103 cm³/mol. The van der Waals surface area contributed by atoms with E-state index in [9.17, 15) is 27.7 Å². The second-order valence-corrected chi connectivity index (χ2v) is 8.08. The molecular weight excluding hydrogens is 407 g/mol. The highest BCUT2D eigenvalue weighted by atomic mass is 32.2. The van der Waals surface area contributed by atoms with E-state index >= 15 is 0 Å². The van der Waals surface area contributed by atoms with E-state index in [1.54, 1.807) is 6.92 Å². The molecule has 0 unspecified atom stereocenters. The van der Waals surface area contributed by atoms with Gasteiger partial charge < -0.3 is 19.4 Å². The van der Waals surface area contributed by atoms with Gasteiger partial charge in [0.15, 0.2) is 11.6 Å². The number of hydrogen-bond donors (Lipinski definition) is 0. The lowest BCUT2D eigenvalue weighted by Crippen LogP contribution is -2.39. The number of ether oxygens (including phenoxy) is 1. The molecule has 0 spiro atoms. The van der Waals surface area contributed by atoms with Crippen molar-refractivity contribution in [2.24, 2.45) is 0 Å². The molecule has 0 aliphatic carbocycles. The van der Waals surface area contributed by atoms with E-state index in [4.69, 9.17) is 4.74 Å². The van der Waals surface area contributed by atoms with Gasteiger partial charge >= 0.3 is 5.82 Å². The number of nitrogens with zero attached hydrogens (tertiary/aromatic N) is 4. The SMILES string of the molecule is CCCS(=O)(=O)N(C(=O)CCn1cc([N+](=O)[O-])nc1C)c1ccc(OC)c(F)c1. The summed E-state index contributed by atoms with van der Waals surface area (Å²) in [6.45, 7) is 3.15. The third kappa shape index (κ3) is 5.08. The summed E-state index contributed by atoms with van der Waals surface area (Å²) in [7, 11) is -2.78. The van der Waals surface area contributed by atoms with E-state index < -0.39 is 26.7 Å². The van der Waals surface area contributed by atoms with Crippen molar-refractivity contribution in [3.05, 3.63) is 46.2 Å². The van der Waals surface area contributed by atoms with Gasteiger partial charge in [0.05, 0.1) is 18.6 Å². The Morgan fingerprint density at radius 3 is 2.62 bits per heavy atom. The van der Waals surface area contributed by atoms with E-state index in [1.807, 2.05) is 0 Å². The summed E-state index contributed by atoms with van der Waals surface area (Å²) in [5.74, 6) is -2.06. The molecule has 1 aromatic heterocycles. The van der Waals surface area contributed by atoms with Crippen LogP contribution in [0, 0.1) is 22.9 Å². The molecule has 0 aliphatic rings. The number of anilines is 1. The van der Waals surface area contributed by atoms with Crippen LogP contribution in [0.1, 0.15) is 25.6 Å². The van der Waals surface area contributed by atoms with Crippen molar-refractivity contribution in [3.63, 3.8) is 0 Å². The smallest absolute Gasteiger partial charge is 0.381 e. The molecule has 2 aromatic rings. The van der Waals surface area contributed by atoms with Crippen molar-refractivity contribution in [2.75, 3.05) is 17.2 Å². The van der Waals surface area contributed by atoms with E-state index in [0.29, 0.717) is 10.1 Å². The molecule has 0 N–H and O–H groups in total. The van der Waals surface area contributed by atoms with Crippen LogP contribution in [0.5, 0.6) is 5.75 Å². The average molecular weight is 428 g/mol. The lowest BCUT2D eigenvalue weighted by Gasteiger charge is -2.23. The van der Waals surface area contributed by atoms with E-state index in [2.05, 4.69) is 4.98 Å². The molecule has 158 valence electrons. The van der Waals surface area contributed by atoms with Crippen LogP contribution in [-0.4, -0.2) is 41.7 Å². The normalized spacial score (nSPS) is 11.3. The quantitative estimate of drug-likeness (QED) is 0.443. The predicted octanol–water partition coefficient (Wildman–Crippen LogP) is 2.41. The lowest BCUT2D eigenvalue weighted by molar-refractivity contribution is -0.389. The zero-order chi connectivity index (χ0) is 21.8.